The number of halogens is 2. The van der Waals surface area contributed by atoms with E-state index in [2.05, 4.69) is 31.9 Å². The van der Waals surface area contributed by atoms with Crippen molar-refractivity contribution in [2.24, 2.45) is 0 Å². The largest absolute Gasteiger partial charge is 0.0883 e. The Morgan fingerprint density at radius 1 is 0.875 bits per heavy atom. The molecular weight excluding hydrogens is 232 g/mol. The van der Waals surface area contributed by atoms with E-state index in [4.69, 9.17) is 0 Å². The van der Waals surface area contributed by atoms with E-state index in [1.54, 1.807) is 0 Å². The topological polar surface area (TPSA) is 0 Å². The Morgan fingerprint density at radius 2 is 1.25 bits per heavy atom. The van der Waals surface area contributed by atoms with Crippen LogP contribution >= 0.6 is 31.9 Å². The van der Waals surface area contributed by atoms with Crippen LogP contribution in [0.15, 0.2) is 24.3 Å². The molecular formula is C6H8Br2. The Morgan fingerprint density at radius 3 is 1.50 bits per heavy atom. The molecule has 0 radical (unpaired) electrons. The average Bonchev–Trinajstić information content (AvgIpc) is 1.81. The molecule has 0 saturated carbocycles. The Kier molecular flexibility index (Phi) is 7.85. The van der Waals surface area contributed by atoms with Crippen LogP contribution in [0.4, 0.5) is 0 Å². The number of rotatable bonds is 3. The van der Waals surface area contributed by atoms with Gasteiger partial charge in [-0.05, 0) is 0 Å². The molecule has 0 heterocycles. The predicted molar refractivity (Wildman–Crippen MR) is 45.9 cm³/mol. The van der Waals surface area contributed by atoms with E-state index in [9.17, 15) is 0 Å². The molecule has 0 bridgehead atoms. The van der Waals surface area contributed by atoms with Gasteiger partial charge in [-0.3, -0.25) is 0 Å². The van der Waals surface area contributed by atoms with Gasteiger partial charge < -0.3 is 0 Å². The monoisotopic (exact) mass is 238 g/mol. The van der Waals surface area contributed by atoms with Crippen molar-refractivity contribution in [1.29, 1.82) is 0 Å². The molecule has 0 aromatic heterocycles. The summed E-state index contributed by atoms with van der Waals surface area (Å²) in [5, 5.41) is 1.86. The maximum atomic E-state index is 3.27. The van der Waals surface area contributed by atoms with Gasteiger partial charge in [0.25, 0.3) is 0 Å². The van der Waals surface area contributed by atoms with E-state index in [0.29, 0.717) is 0 Å². The zero-order valence-corrected chi connectivity index (χ0v) is 7.65. The summed E-state index contributed by atoms with van der Waals surface area (Å²) >= 11 is 6.54. The highest BCUT2D eigenvalue weighted by Gasteiger charge is 1.63. The van der Waals surface area contributed by atoms with Crippen LogP contribution in [0.5, 0.6) is 0 Å². The fourth-order valence-corrected chi connectivity index (χ4v) is 0.692. The third kappa shape index (κ3) is 6.44. The molecule has 46 valence electrons. The third-order valence-electron chi connectivity index (χ3n) is 0.561. The Labute approximate surface area is 66.9 Å². The van der Waals surface area contributed by atoms with Gasteiger partial charge in [-0.1, -0.05) is 56.2 Å². The molecule has 0 aromatic carbocycles. The van der Waals surface area contributed by atoms with Crippen molar-refractivity contribution in [2.75, 3.05) is 10.7 Å². The Balaban J connectivity index is 3.13. The van der Waals surface area contributed by atoms with Crippen LogP contribution in [0.3, 0.4) is 0 Å². The molecule has 0 aliphatic carbocycles. The smallest absolute Gasteiger partial charge is 0.0215 e. The summed E-state index contributed by atoms with van der Waals surface area (Å²) in [6.07, 6.45) is 8.10. The van der Waals surface area contributed by atoms with Gasteiger partial charge in [0.15, 0.2) is 0 Å². The van der Waals surface area contributed by atoms with Crippen molar-refractivity contribution in [3.63, 3.8) is 0 Å². The van der Waals surface area contributed by atoms with Gasteiger partial charge in [-0.25, -0.2) is 0 Å². The van der Waals surface area contributed by atoms with Crippen LogP contribution < -0.4 is 0 Å². The van der Waals surface area contributed by atoms with Crippen molar-refractivity contribution < 1.29 is 0 Å². The minimum absolute atomic E-state index is 0.930. The van der Waals surface area contributed by atoms with Crippen LogP contribution in [-0.2, 0) is 0 Å². The molecule has 0 saturated heterocycles. The predicted octanol–water partition coefficient (Wildman–Crippen LogP) is 2.89. The van der Waals surface area contributed by atoms with Crippen molar-refractivity contribution in [3.05, 3.63) is 24.3 Å². The molecule has 0 aromatic rings. The van der Waals surface area contributed by atoms with Gasteiger partial charge in [-0.15, -0.1) is 0 Å². The molecule has 0 amide bonds. The molecule has 8 heavy (non-hydrogen) atoms. The summed E-state index contributed by atoms with van der Waals surface area (Å²) in [4.78, 5) is 0. The van der Waals surface area contributed by atoms with Crippen molar-refractivity contribution >= 4 is 31.9 Å². The lowest BCUT2D eigenvalue weighted by atomic mass is 10.5. The second kappa shape index (κ2) is 7.44. The lowest BCUT2D eigenvalue weighted by molar-refractivity contribution is 1.73. The maximum Gasteiger partial charge on any atom is 0.0215 e. The van der Waals surface area contributed by atoms with E-state index >= 15 is 0 Å². The van der Waals surface area contributed by atoms with Gasteiger partial charge >= 0.3 is 0 Å². The first-order chi connectivity index (χ1) is 3.91. The Hall–Kier alpha value is 0.440. The molecule has 0 unspecified atom stereocenters. The highest BCUT2D eigenvalue weighted by Crippen LogP contribution is 1.85. The van der Waals surface area contributed by atoms with Crippen LogP contribution in [-0.4, -0.2) is 10.7 Å². The quantitative estimate of drug-likeness (QED) is 0.525. The molecule has 0 atom stereocenters. The molecule has 0 fully saturated rings. The summed E-state index contributed by atoms with van der Waals surface area (Å²) in [6, 6.07) is 0. The van der Waals surface area contributed by atoms with E-state index in [0.717, 1.165) is 10.7 Å². The van der Waals surface area contributed by atoms with Gasteiger partial charge in [0.1, 0.15) is 0 Å². The standard InChI is InChI=1S/C6H8Br2/c7-5-3-1-2-4-6-8/h1-4H,5-6H2/b3-1+,4-2?. The molecule has 0 spiro atoms. The molecule has 2 heteroatoms. The van der Waals surface area contributed by atoms with Crippen LogP contribution in [0.2, 0.25) is 0 Å². The Bertz CT molecular complexity index is 72.5. The minimum atomic E-state index is 0.930. The number of alkyl halides is 2. The third-order valence-corrected chi connectivity index (χ3v) is 1.31. The highest BCUT2D eigenvalue weighted by atomic mass is 79.9. The van der Waals surface area contributed by atoms with Gasteiger partial charge in [0.2, 0.25) is 0 Å². The van der Waals surface area contributed by atoms with E-state index < -0.39 is 0 Å². The highest BCUT2D eigenvalue weighted by molar-refractivity contribution is 9.09. The van der Waals surface area contributed by atoms with E-state index in [1.165, 1.54) is 0 Å². The lowest BCUT2D eigenvalue weighted by Gasteiger charge is -1.72. The summed E-state index contributed by atoms with van der Waals surface area (Å²) in [5.74, 6) is 0. The van der Waals surface area contributed by atoms with Crippen molar-refractivity contribution in [1.82, 2.24) is 0 Å². The zero-order valence-electron chi connectivity index (χ0n) is 4.48. The second-order valence-electron chi connectivity index (χ2n) is 1.16. The summed E-state index contributed by atoms with van der Waals surface area (Å²) < 4.78 is 0. The van der Waals surface area contributed by atoms with Gasteiger partial charge in [-0.2, -0.15) is 0 Å². The second-order valence-corrected chi connectivity index (χ2v) is 2.46. The SMILES string of the molecule is BrCC=C/C=C/CBr. The molecule has 0 aliphatic rings. The zero-order chi connectivity index (χ0) is 6.24. The van der Waals surface area contributed by atoms with E-state index in [-0.39, 0.29) is 0 Å². The lowest BCUT2D eigenvalue weighted by Crippen LogP contribution is -1.57. The summed E-state index contributed by atoms with van der Waals surface area (Å²) in [6.45, 7) is 0. The van der Waals surface area contributed by atoms with Crippen molar-refractivity contribution in [3.8, 4) is 0 Å². The van der Waals surface area contributed by atoms with Gasteiger partial charge in [0, 0.05) is 10.7 Å². The molecule has 0 nitrogen and oxygen atoms in total. The minimum Gasteiger partial charge on any atom is -0.0883 e. The number of allylic oxidation sites excluding steroid dienone is 4. The molecule has 0 rings (SSSR count). The maximum absolute atomic E-state index is 3.27. The first kappa shape index (κ1) is 8.44. The number of hydrogen-bond acceptors (Lipinski definition) is 0. The van der Waals surface area contributed by atoms with Crippen LogP contribution in [0, 0.1) is 0 Å². The van der Waals surface area contributed by atoms with E-state index in [1.807, 2.05) is 24.3 Å². The fourth-order valence-electron chi connectivity index (χ4n) is 0.260. The molecule has 0 aliphatic heterocycles. The van der Waals surface area contributed by atoms with Gasteiger partial charge in [0.05, 0.1) is 0 Å². The van der Waals surface area contributed by atoms with Crippen LogP contribution in [0.1, 0.15) is 0 Å². The summed E-state index contributed by atoms with van der Waals surface area (Å²) in [7, 11) is 0. The number of hydrogen-bond donors (Lipinski definition) is 0. The normalized spacial score (nSPS) is 11.8. The first-order valence-electron chi connectivity index (χ1n) is 2.35. The fraction of sp³-hybridized carbons (Fsp3) is 0.333. The van der Waals surface area contributed by atoms with Crippen molar-refractivity contribution in [2.45, 2.75) is 0 Å². The molecule has 0 N–H and O–H groups in total. The first-order valence-corrected chi connectivity index (χ1v) is 4.59. The average molecular weight is 240 g/mol. The van der Waals surface area contributed by atoms with Crippen LogP contribution in [0.25, 0.3) is 0 Å². The summed E-state index contributed by atoms with van der Waals surface area (Å²) in [5.41, 5.74) is 0.